The van der Waals surface area contributed by atoms with E-state index in [1.807, 2.05) is 29.2 Å². The lowest BCUT2D eigenvalue weighted by molar-refractivity contribution is 0.0613. The van der Waals surface area contributed by atoms with Crippen LogP contribution in [0.1, 0.15) is 21.7 Å². The number of carbonyl (C=O) groups is 1. The molecule has 0 bridgehead atoms. The molecule has 0 unspecified atom stereocenters. The van der Waals surface area contributed by atoms with Crippen molar-refractivity contribution in [3.63, 3.8) is 0 Å². The molecule has 7 nitrogen and oxygen atoms in total. The summed E-state index contributed by atoms with van der Waals surface area (Å²) in [5.74, 6) is 0.860. The van der Waals surface area contributed by atoms with E-state index in [1.165, 1.54) is 0 Å². The molecule has 2 aliphatic heterocycles. The van der Waals surface area contributed by atoms with Crippen LogP contribution in [-0.4, -0.2) is 71.8 Å². The molecule has 0 radical (unpaired) electrons. The van der Waals surface area contributed by atoms with E-state index in [2.05, 4.69) is 20.4 Å². The molecule has 8 heteroatoms. The molecule has 0 spiro atoms. The van der Waals surface area contributed by atoms with Crippen molar-refractivity contribution < 1.29 is 9.53 Å². The van der Waals surface area contributed by atoms with Gasteiger partial charge in [-0.15, -0.1) is 0 Å². The van der Waals surface area contributed by atoms with Crippen molar-refractivity contribution >= 4 is 17.5 Å². The maximum Gasteiger partial charge on any atom is 0.274 e. The first-order chi connectivity index (χ1) is 13.2. The average molecular weight is 390 g/mol. The molecule has 144 valence electrons. The van der Waals surface area contributed by atoms with Gasteiger partial charge in [-0.25, -0.2) is 0 Å². The molecule has 2 aromatic rings. The second kappa shape index (κ2) is 8.29. The number of rotatable bonds is 5. The van der Waals surface area contributed by atoms with E-state index in [4.69, 9.17) is 16.3 Å². The van der Waals surface area contributed by atoms with Crippen LogP contribution in [0, 0.1) is 0 Å². The van der Waals surface area contributed by atoms with Crippen molar-refractivity contribution in [1.29, 1.82) is 0 Å². The summed E-state index contributed by atoms with van der Waals surface area (Å²) in [6.07, 6.45) is 0.900. The molecule has 0 aliphatic carbocycles. The van der Waals surface area contributed by atoms with Crippen LogP contribution in [0.2, 0.25) is 5.02 Å². The monoisotopic (exact) mass is 389 g/mol. The minimum absolute atomic E-state index is 0.0354. The molecule has 1 saturated heterocycles. The van der Waals surface area contributed by atoms with Gasteiger partial charge in [-0.05, 0) is 24.3 Å². The summed E-state index contributed by atoms with van der Waals surface area (Å²) >= 11 is 5.88. The predicted molar refractivity (Wildman–Crippen MR) is 103 cm³/mol. The SMILES string of the molecule is O=C(c1n[nH]c2c1CNCC2)N1CCN(CCOc2ccc(Cl)cc2)CC1. The number of aromatic amines is 1. The van der Waals surface area contributed by atoms with Crippen molar-refractivity contribution in [2.45, 2.75) is 13.0 Å². The zero-order valence-electron chi connectivity index (χ0n) is 15.2. The molecule has 1 fully saturated rings. The van der Waals surface area contributed by atoms with Gasteiger partial charge in [0.2, 0.25) is 0 Å². The minimum atomic E-state index is 0.0354. The van der Waals surface area contributed by atoms with Crippen molar-refractivity contribution in [3.05, 3.63) is 46.2 Å². The van der Waals surface area contributed by atoms with E-state index in [0.29, 0.717) is 17.3 Å². The van der Waals surface area contributed by atoms with Crippen LogP contribution >= 0.6 is 11.6 Å². The minimum Gasteiger partial charge on any atom is -0.492 e. The van der Waals surface area contributed by atoms with E-state index >= 15 is 0 Å². The summed E-state index contributed by atoms with van der Waals surface area (Å²) in [5, 5.41) is 11.3. The molecular formula is C19H24ClN5O2. The zero-order valence-corrected chi connectivity index (χ0v) is 16.0. The predicted octanol–water partition coefficient (Wildman–Crippen LogP) is 1.55. The lowest BCUT2D eigenvalue weighted by Gasteiger charge is -2.34. The highest BCUT2D eigenvalue weighted by atomic mass is 35.5. The van der Waals surface area contributed by atoms with Crippen LogP contribution in [-0.2, 0) is 13.0 Å². The third-order valence-electron chi connectivity index (χ3n) is 5.16. The number of halogens is 1. The molecule has 27 heavy (non-hydrogen) atoms. The summed E-state index contributed by atoms with van der Waals surface area (Å²) in [4.78, 5) is 17.1. The number of fused-ring (bicyclic) bond motifs is 1. The standard InChI is InChI=1S/C19H24ClN5O2/c20-14-1-3-15(4-2-14)27-12-11-24-7-9-25(10-8-24)19(26)18-16-13-21-6-5-17(16)22-23-18/h1-4,21H,5-13H2,(H,22,23). The van der Waals surface area contributed by atoms with Crippen LogP contribution < -0.4 is 10.1 Å². The molecule has 2 N–H and O–H groups in total. The molecule has 4 rings (SSSR count). The number of hydrogen-bond donors (Lipinski definition) is 2. The maximum atomic E-state index is 12.8. The smallest absolute Gasteiger partial charge is 0.274 e. The van der Waals surface area contributed by atoms with Crippen LogP contribution in [0.25, 0.3) is 0 Å². The van der Waals surface area contributed by atoms with Gasteiger partial charge in [-0.2, -0.15) is 5.10 Å². The fourth-order valence-electron chi connectivity index (χ4n) is 3.55. The Morgan fingerprint density at radius 2 is 1.96 bits per heavy atom. The number of piperazine rings is 1. The summed E-state index contributed by atoms with van der Waals surface area (Å²) in [6.45, 7) is 6.24. The molecule has 0 saturated carbocycles. The molecule has 1 aromatic carbocycles. The first kappa shape index (κ1) is 18.3. The van der Waals surface area contributed by atoms with Crippen LogP contribution in [0.3, 0.4) is 0 Å². The number of nitrogens with zero attached hydrogens (tertiary/aromatic N) is 3. The number of benzene rings is 1. The normalized spacial score (nSPS) is 17.6. The first-order valence-electron chi connectivity index (χ1n) is 9.37. The van der Waals surface area contributed by atoms with E-state index in [1.54, 1.807) is 0 Å². The highest BCUT2D eigenvalue weighted by molar-refractivity contribution is 6.30. The fraction of sp³-hybridized carbons (Fsp3) is 0.474. The topological polar surface area (TPSA) is 73.5 Å². The fourth-order valence-corrected chi connectivity index (χ4v) is 3.68. The number of H-pyrrole nitrogens is 1. The van der Waals surface area contributed by atoms with E-state index in [-0.39, 0.29) is 5.91 Å². The van der Waals surface area contributed by atoms with Gasteiger partial charge in [0.05, 0.1) is 0 Å². The summed E-state index contributed by atoms with van der Waals surface area (Å²) in [6, 6.07) is 7.39. The number of hydrogen-bond acceptors (Lipinski definition) is 5. The quantitative estimate of drug-likeness (QED) is 0.811. The Bertz CT molecular complexity index is 784. The third-order valence-corrected chi connectivity index (χ3v) is 5.41. The van der Waals surface area contributed by atoms with Crippen LogP contribution in [0.15, 0.2) is 24.3 Å². The Hall–Kier alpha value is -2.09. The third kappa shape index (κ3) is 4.26. The number of aromatic nitrogens is 2. The van der Waals surface area contributed by atoms with Crippen molar-refractivity contribution in [3.8, 4) is 5.75 Å². The zero-order chi connectivity index (χ0) is 18.6. The number of nitrogens with one attached hydrogen (secondary N) is 2. The maximum absolute atomic E-state index is 12.8. The van der Waals surface area contributed by atoms with Crippen LogP contribution in [0.5, 0.6) is 5.75 Å². The molecule has 1 aromatic heterocycles. The Morgan fingerprint density at radius 1 is 1.19 bits per heavy atom. The highest BCUT2D eigenvalue weighted by Gasteiger charge is 2.27. The van der Waals surface area contributed by atoms with E-state index < -0.39 is 0 Å². The van der Waals surface area contributed by atoms with E-state index in [0.717, 1.165) is 69.2 Å². The number of ether oxygens (including phenoxy) is 1. The Kier molecular flexibility index (Phi) is 5.61. The first-order valence-corrected chi connectivity index (χ1v) is 9.75. The van der Waals surface area contributed by atoms with Gasteiger partial charge in [-0.1, -0.05) is 11.6 Å². The van der Waals surface area contributed by atoms with Gasteiger partial charge >= 0.3 is 0 Å². The Balaban J connectivity index is 1.24. The van der Waals surface area contributed by atoms with Crippen molar-refractivity contribution in [1.82, 2.24) is 25.3 Å². The van der Waals surface area contributed by atoms with Crippen molar-refractivity contribution in [2.24, 2.45) is 0 Å². The molecule has 3 heterocycles. The molecule has 0 atom stereocenters. The highest BCUT2D eigenvalue weighted by Crippen LogP contribution is 2.18. The average Bonchev–Trinajstić information content (AvgIpc) is 3.14. The lowest BCUT2D eigenvalue weighted by atomic mass is 10.1. The summed E-state index contributed by atoms with van der Waals surface area (Å²) < 4.78 is 5.76. The number of carbonyl (C=O) groups excluding carboxylic acids is 1. The molecule has 1 amide bonds. The largest absolute Gasteiger partial charge is 0.492 e. The van der Waals surface area contributed by atoms with Gasteiger partial charge in [0.25, 0.3) is 5.91 Å². The van der Waals surface area contributed by atoms with Crippen LogP contribution in [0.4, 0.5) is 0 Å². The molecular weight excluding hydrogens is 366 g/mol. The van der Waals surface area contributed by atoms with Gasteiger partial charge in [-0.3, -0.25) is 14.8 Å². The Morgan fingerprint density at radius 3 is 2.74 bits per heavy atom. The number of amides is 1. The van der Waals surface area contributed by atoms with Gasteiger partial charge in [0.1, 0.15) is 12.4 Å². The summed E-state index contributed by atoms with van der Waals surface area (Å²) in [7, 11) is 0. The van der Waals surface area contributed by atoms with Gasteiger partial charge < -0.3 is 15.0 Å². The van der Waals surface area contributed by atoms with Gasteiger partial charge in [0.15, 0.2) is 5.69 Å². The second-order valence-corrected chi connectivity index (χ2v) is 7.33. The van der Waals surface area contributed by atoms with Gasteiger partial charge in [0, 0.05) is 68.5 Å². The lowest BCUT2D eigenvalue weighted by Crippen LogP contribution is -2.49. The molecule has 2 aliphatic rings. The van der Waals surface area contributed by atoms with E-state index in [9.17, 15) is 4.79 Å². The Labute approximate surface area is 163 Å². The summed E-state index contributed by atoms with van der Waals surface area (Å²) in [5.41, 5.74) is 2.71. The van der Waals surface area contributed by atoms with Crippen molar-refractivity contribution in [2.75, 3.05) is 45.9 Å². The second-order valence-electron chi connectivity index (χ2n) is 6.89.